The highest BCUT2D eigenvalue weighted by atomic mass is 16.4. The molecule has 8 nitrogen and oxygen atoms in total. The van der Waals surface area contributed by atoms with Crippen LogP contribution in [0.3, 0.4) is 0 Å². The van der Waals surface area contributed by atoms with Gasteiger partial charge in [-0.1, -0.05) is 72.8 Å². The Kier molecular flexibility index (Phi) is 8.21. The van der Waals surface area contributed by atoms with Crippen LogP contribution in [0.2, 0.25) is 0 Å². The fourth-order valence-corrected chi connectivity index (χ4v) is 3.95. The van der Waals surface area contributed by atoms with Crippen molar-refractivity contribution in [2.45, 2.75) is 24.9 Å². The van der Waals surface area contributed by atoms with Crippen LogP contribution < -0.4 is 10.9 Å². The molecule has 0 radical (unpaired) electrons. The molecule has 3 amide bonds. The number of carbonyl (C=O) groups excluding carboxylic acids is 2. The van der Waals surface area contributed by atoms with Gasteiger partial charge in [0.15, 0.2) is 0 Å². The van der Waals surface area contributed by atoms with Gasteiger partial charge < -0.3 is 10.0 Å². The summed E-state index contributed by atoms with van der Waals surface area (Å²) in [5, 5.41) is 11.7. The second kappa shape index (κ2) is 11.3. The average molecular weight is 463 g/mol. The van der Waals surface area contributed by atoms with Gasteiger partial charge in [-0.3, -0.25) is 19.9 Å². The fourth-order valence-electron chi connectivity index (χ4n) is 3.95. The maximum Gasteiger partial charge on any atom is 0.407 e. The molecule has 0 saturated carbocycles. The highest BCUT2D eigenvalue weighted by Crippen LogP contribution is 2.19. The topological polar surface area (TPSA) is 102 Å². The van der Waals surface area contributed by atoms with Gasteiger partial charge in [-0.15, -0.1) is 0 Å². The maximum absolute atomic E-state index is 13.6. The van der Waals surface area contributed by atoms with Gasteiger partial charge in [0.05, 0.1) is 0 Å². The molecule has 178 valence electrons. The number of hydrazine groups is 1. The largest absolute Gasteiger partial charge is 0.465 e. The van der Waals surface area contributed by atoms with E-state index in [2.05, 4.69) is 10.9 Å². The van der Waals surface area contributed by atoms with Crippen molar-refractivity contribution in [3.05, 3.63) is 83.9 Å². The second-order valence-electron chi connectivity index (χ2n) is 8.19. The minimum Gasteiger partial charge on any atom is -0.465 e. The minimum absolute atomic E-state index is 0.183. The van der Waals surface area contributed by atoms with Gasteiger partial charge in [-0.2, -0.15) is 0 Å². The molecule has 3 aromatic rings. The Labute approximate surface area is 199 Å². The first-order chi connectivity index (χ1) is 16.3. The lowest BCUT2D eigenvalue weighted by Crippen LogP contribution is -2.57. The normalized spacial score (nSPS) is 12.6. The number of benzene rings is 3. The Morgan fingerprint density at radius 1 is 0.794 bits per heavy atom. The van der Waals surface area contributed by atoms with E-state index in [1.165, 1.54) is 19.0 Å². The molecule has 2 atom stereocenters. The third-order valence-corrected chi connectivity index (χ3v) is 5.94. The van der Waals surface area contributed by atoms with Gasteiger partial charge in [0.2, 0.25) is 5.91 Å². The van der Waals surface area contributed by atoms with Crippen molar-refractivity contribution in [1.82, 2.24) is 20.7 Å². The smallest absolute Gasteiger partial charge is 0.407 e. The molecule has 0 saturated heterocycles. The number of hydrogen-bond acceptors (Lipinski definition) is 4. The molecule has 3 rings (SSSR count). The van der Waals surface area contributed by atoms with Crippen molar-refractivity contribution in [1.29, 1.82) is 0 Å². The van der Waals surface area contributed by atoms with E-state index < -0.39 is 24.1 Å². The van der Waals surface area contributed by atoms with Crippen molar-refractivity contribution in [2.75, 3.05) is 21.1 Å². The van der Waals surface area contributed by atoms with E-state index in [0.29, 0.717) is 0 Å². The number of likely N-dealkylation sites (N-methyl/N-ethyl adjacent to an activating group) is 2. The van der Waals surface area contributed by atoms with Gasteiger partial charge >= 0.3 is 6.09 Å². The number of amides is 3. The third-order valence-electron chi connectivity index (χ3n) is 5.94. The van der Waals surface area contributed by atoms with E-state index in [9.17, 15) is 19.5 Å². The summed E-state index contributed by atoms with van der Waals surface area (Å²) in [6.45, 7) is 0. The molecule has 0 heterocycles. The van der Waals surface area contributed by atoms with E-state index in [4.69, 9.17) is 0 Å². The van der Waals surface area contributed by atoms with Crippen LogP contribution in [0.5, 0.6) is 0 Å². The van der Waals surface area contributed by atoms with Gasteiger partial charge in [0.1, 0.15) is 12.1 Å². The first kappa shape index (κ1) is 24.7. The molecule has 0 aliphatic rings. The molecule has 8 heteroatoms. The summed E-state index contributed by atoms with van der Waals surface area (Å²) in [5.41, 5.74) is 6.88. The summed E-state index contributed by atoms with van der Waals surface area (Å²) in [4.78, 5) is 40.6. The third kappa shape index (κ3) is 5.90. The molecule has 0 aliphatic heterocycles. The number of rotatable bonds is 9. The molecule has 34 heavy (non-hydrogen) atoms. The molecule has 3 N–H and O–H groups in total. The fraction of sp³-hybridized carbons (Fsp3) is 0.269. The first-order valence-corrected chi connectivity index (χ1v) is 11.0. The van der Waals surface area contributed by atoms with E-state index in [0.717, 1.165) is 26.8 Å². The zero-order valence-electron chi connectivity index (χ0n) is 19.6. The number of carbonyl (C=O) groups is 3. The van der Waals surface area contributed by atoms with Crippen LogP contribution in [0.1, 0.15) is 11.1 Å². The van der Waals surface area contributed by atoms with E-state index >= 15 is 0 Å². The monoisotopic (exact) mass is 462 g/mol. The Hall–Kier alpha value is -3.91. The molecule has 0 bridgehead atoms. The Bertz CT molecular complexity index is 1150. The highest BCUT2D eigenvalue weighted by Gasteiger charge is 2.35. The van der Waals surface area contributed by atoms with Crippen LogP contribution in [0.15, 0.2) is 72.8 Å². The standard InChI is InChI=1S/C26H30N4O4/c1-27-28-24(31)22(16-18-9-5-4-6-10-18)29(2)25(32)23(30(3)26(33)34)17-19-13-14-20-11-7-8-12-21(20)15-19/h4-15,22-23,27H,16-17H2,1-3H3,(H,28,31)(H,33,34)/t22-,23-/m1/s1. The summed E-state index contributed by atoms with van der Waals surface area (Å²) < 4.78 is 0. The van der Waals surface area contributed by atoms with Crippen LogP contribution >= 0.6 is 0 Å². The number of nitrogens with one attached hydrogen (secondary N) is 2. The number of hydrogen-bond donors (Lipinski definition) is 3. The van der Waals surface area contributed by atoms with Gasteiger partial charge in [-0.05, 0) is 21.9 Å². The van der Waals surface area contributed by atoms with Crippen molar-refractivity contribution < 1.29 is 19.5 Å². The Morgan fingerprint density at radius 2 is 1.41 bits per heavy atom. The SMILES string of the molecule is CNNC(=O)[C@@H](Cc1ccccc1)N(C)C(=O)[C@@H](Cc1ccc2ccccc2c1)N(C)C(=O)O. The van der Waals surface area contributed by atoms with Crippen LogP contribution in [-0.4, -0.2) is 66.0 Å². The lowest BCUT2D eigenvalue weighted by molar-refractivity contribution is -0.142. The number of fused-ring (bicyclic) bond motifs is 1. The van der Waals surface area contributed by atoms with Crippen LogP contribution in [0, 0.1) is 0 Å². The number of nitrogens with zero attached hydrogens (tertiary/aromatic N) is 2. The molecule has 0 fully saturated rings. The molecule has 3 aromatic carbocycles. The first-order valence-electron chi connectivity index (χ1n) is 11.0. The summed E-state index contributed by atoms with van der Waals surface area (Å²) in [7, 11) is 4.48. The average Bonchev–Trinajstić information content (AvgIpc) is 2.85. The van der Waals surface area contributed by atoms with E-state index in [1.54, 1.807) is 7.05 Å². The molecule has 0 unspecified atom stereocenters. The molecule has 0 aliphatic carbocycles. The molecule has 0 spiro atoms. The van der Waals surface area contributed by atoms with Crippen LogP contribution in [0.25, 0.3) is 10.8 Å². The summed E-state index contributed by atoms with van der Waals surface area (Å²) in [6.07, 6.45) is -0.745. The van der Waals surface area contributed by atoms with Crippen molar-refractivity contribution in [3.8, 4) is 0 Å². The lowest BCUT2D eigenvalue weighted by Gasteiger charge is -2.33. The number of carboxylic acid groups (broad SMARTS) is 1. The Morgan fingerprint density at radius 3 is 2.06 bits per heavy atom. The molecular formula is C26H30N4O4. The van der Waals surface area contributed by atoms with Crippen LogP contribution in [-0.2, 0) is 22.4 Å². The highest BCUT2D eigenvalue weighted by molar-refractivity contribution is 5.91. The molecular weight excluding hydrogens is 432 g/mol. The van der Waals surface area contributed by atoms with E-state index in [-0.39, 0.29) is 18.7 Å². The van der Waals surface area contributed by atoms with Gasteiger partial charge in [0.25, 0.3) is 5.91 Å². The zero-order valence-corrected chi connectivity index (χ0v) is 19.6. The predicted molar refractivity (Wildman–Crippen MR) is 131 cm³/mol. The van der Waals surface area contributed by atoms with Crippen LogP contribution in [0.4, 0.5) is 4.79 Å². The summed E-state index contributed by atoms with van der Waals surface area (Å²) >= 11 is 0. The van der Waals surface area contributed by atoms with Gasteiger partial charge in [0, 0.05) is 34.0 Å². The second-order valence-corrected chi connectivity index (χ2v) is 8.19. The van der Waals surface area contributed by atoms with E-state index in [1.807, 2.05) is 72.8 Å². The summed E-state index contributed by atoms with van der Waals surface area (Å²) in [5.74, 6) is -0.838. The quantitative estimate of drug-likeness (QED) is 0.425. The zero-order chi connectivity index (χ0) is 24.7. The predicted octanol–water partition coefficient (Wildman–Crippen LogP) is 2.68. The van der Waals surface area contributed by atoms with Crippen molar-refractivity contribution >= 4 is 28.7 Å². The minimum atomic E-state index is -1.22. The van der Waals surface area contributed by atoms with Crippen molar-refractivity contribution in [3.63, 3.8) is 0 Å². The lowest BCUT2D eigenvalue weighted by atomic mass is 9.98. The Balaban J connectivity index is 1.90. The van der Waals surface area contributed by atoms with Gasteiger partial charge in [-0.25, -0.2) is 10.2 Å². The summed E-state index contributed by atoms with van der Waals surface area (Å²) in [6, 6.07) is 21.2. The molecule has 0 aromatic heterocycles. The maximum atomic E-state index is 13.6. The van der Waals surface area contributed by atoms with Crippen molar-refractivity contribution in [2.24, 2.45) is 0 Å².